The highest BCUT2D eigenvalue weighted by Crippen LogP contribution is 2.29. The molecule has 0 saturated carbocycles. The van der Waals surface area contributed by atoms with E-state index in [4.69, 9.17) is 9.47 Å². The summed E-state index contributed by atoms with van der Waals surface area (Å²) < 4.78 is 10.6. The quantitative estimate of drug-likeness (QED) is 0.682. The van der Waals surface area contributed by atoms with Crippen LogP contribution in [0.25, 0.3) is 0 Å². The summed E-state index contributed by atoms with van der Waals surface area (Å²) in [4.78, 5) is 0. The van der Waals surface area contributed by atoms with Crippen LogP contribution in [0.2, 0.25) is 0 Å². The fourth-order valence-electron chi connectivity index (χ4n) is 2.27. The van der Waals surface area contributed by atoms with E-state index in [1.807, 2.05) is 0 Å². The highest BCUT2D eigenvalue weighted by atomic mass is 16.7. The van der Waals surface area contributed by atoms with E-state index in [1.165, 1.54) is 11.1 Å². The van der Waals surface area contributed by atoms with Crippen molar-refractivity contribution in [2.24, 2.45) is 5.92 Å². The molecule has 0 unspecified atom stereocenters. The van der Waals surface area contributed by atoms with Gasteiger partial charge in [0.2, 0.25) is 0 Å². The summed E-state index contributed by atoms with van der Waals surface area (Å²) in [5, 5.41) is 0. The standard InChI is InChI=1S/C12H16O2/c1-13-12(14-2)11-7-9-5-3-4-6-10(9)8-11/h3-6,11-12H,7-8H2,1-2H3. The predicted molar refractivity (Wildman–Crippen MR) is 55.1 cm³/mol. The topological polar surface area (TPSA) is 18.5 Å². The van der Waals surface area contributed by atoms with Gasteiger partial charge in [-0.3, -0.25) is 0 Å². The number of fused-ring (bicyclic) bond motifs is 1. The van der Waals surface area contributed by atoms with Crippen molar-refractivity contribution in [1.82, 2.24) is 0 Å². The summed E-state index contributed by atoms with van der Waals surface area (Å²) in [6.45, 7) is 0. The lowest BCUT2D eigenvalue weighted by Gasteiger charge is -2.19. The normalized spacial score (nSPS) is 16.2. The Balaban J connectivity index is 2.11. The van der Waals surface area contributed by atoms with Crippen molar-refractivity contribution in [2.75, 3.05) is 14.2 Å². The van der Waals surface area contributed by atoms with E-state index in [1.54, 1.807) is 14.2 Å². The van der Waals surface area contributed by atoms with Gasteiger partial charge >= 0.3 is 0 Å². The van der Waals surface area contributed by atoms with E-state index in [0.29, 0.717) is 5.92 Å². The van der Waals surface area contributed by atoms with Gasteiger partial charge < -0.3 is 9.47 Å². The van der Waals surface area contributed by atoms with Crippen molar-refractivity contribution in [3.63, 3.8) is 0 Å². The van der Waals surface area contributed by atoms with E-state index in [0.717, 1.165) is 12.8 Å². The first-order valence-electron chi connectivity index (χ1n) is 4.97. The molecule has 14 heavy (non-hydrogen) atoms. The van der Waals surface area contributed by atoms with Gasteiger partial charge in [-0.15, -0.1) is 0 Å². The molecule has 0 amide bonds. The largest absolute Gasteiger partial charge is 0.356 e. The summed E-state index contributed by atoms with van der Waals surface area (Å²) in [5.74, 6) is 0.474. The molecule has 0 spiro atoms. The Bertz CT molecular complexity index is 280. The molecule has 2 heteroatoms. The third-order valence-electron chi connectivity index (χ3n) is 2.93. The first-order chi connectivity index (χ1) is 6.85. The van der Waals surface area contributed by atoms with E-state index in [9.17, 15) is 0 Å². The van der Waals surface area contributed by atoms with Gasteiger partial charge in [-0.25, -0.2) is 0 Å². The van der Waals surface area contributed by atoms with Crippen molar-refractivity contribution in [3.05, 3.63) is 35.4 Å². The zero-order valence-electron chi connectivity index (χ0n) is 8.69. The molecule has 2 rings (SSSR count). The molecule has 0 saturated heterocycles. The van der Waals surface area contributed by atoms with Crippen LogP contribution in [0.1, 0.15) is 11.1 Å². The maximum atomic E-state index is 5.29. The molecular weight excluding hydrogens is 176 g/mol. The molecule has 1 aliphatic carbocycles. The SMILES string of the molecule is COC(OC)C1Cc2ccccc2C1. The van der Waals surface area contributed by atoms with Crippen molar-refractivity contribution in [1.29, 1.82) is 0 Å². The van der Waals surface area contributed by atoms with Crippen molar-refractivity contribution in [3.8, 4) is 0 Å². The first-order valence-corrected chi connectivity index (χ1v) is 4.97. The van der Waals surface area contributed by atoms with Gasteiger partial charge in [0, 0.05) is 20.1 Å². The Hall–Kier alpha value is -0.860. The lowest BCUT2D eigenvalue weighted by Crippen LogP contribution is -2.25. The molecule has 2 nitrogen and oxygen atoms in total. The molecule has 0 atom stereocenters. The third-order valence-corrected chi connectivity index (χ3v) is 2.93. The van der Waals surface area contributed by atoms with E-state index >= 15 is 0 Å². The Morgan fingerprint density at radius 2 is 1.57 bits per heavy atom. The average molecular weight is 192 g/mol. The van der Waals surface area contributed by atoms with Crippen LogP contribution in [0, 0.1) is 5.92 Å². The van der Waals surface area contributed by atoms with Gasteiger partial charge in [0.15, 0.2) is 6.29 Å². The number of hydrogen-bond acceptors (Lipinski definition) is 2. The summed E-state index contributed by atoms with van der Waals surface area (Å²) in [7, 11) is 3.41. The van der Waals surface area contributed by atoms with Gasteiger partial charge in [0.25, 0.3) is 0 Å². The van der Waals surface area contributed by atoms with E-state index in [-0.39, 0.29) is 6.29 Å². The second-order valence-electron chi connectivity index (χ2n) is 3.78. The fraction of sp³-hybridized carbons (Fsp3) is 0.500. The molecule has 0 N–H and O–H groups in total. The van der Waals surface area contributed by atoms with Crippen LogP contribution >= 0.6 is 0 Å². The molecule has 1 aromatic rings. The summed E-state index contributed by atoms with van der Waals surface area (Å²) in [5.41, 5.74) is 2.88. The molecule has 0 radical (unpaired) electrons. The minimum absolute atomic E-state index is 0.0672. The number of benzene rings is 1. The van der Waals surface area contributed by atoms with Crippen molar-refractivity contribution in [2.45, 2.75) is 19.1 Å². The maximum Gasteiger partial charge on any atom is 0.160 e. The minimum Gasteiger partial charge on any atom is -0.356 e. The molecule has 1 aromatic carbocycles. The zero-order chi connectivity index (χ0) is 9.97. The molecule has 1 aliphatic rings. The van der Waals surface area contributed by atoms with Crippen LogP contribution in [0.15, 0.2) is 24.3 Å². The third kappa shape index (κ3) is 1.68. The highest BCUT2D eigenvalue weighted by molar-refractivity contribution is 5.32. The minimum atomic E-state index is -0.0672. The van der Waals surface area contributed by atoms with Gasteiger partial charge in [-0.05, 0) is 24.0 Å². The Morgan fingerprint density at radius 3 is 2.00 bits per heavy atom. The summed E-state index contributed by atoms with van der Waals surface area (Å²) >= 11 is 0. The number of ether oxygens (including phenoxy) is 2. The van der Waals surface area contributed by atoms with E-state index in [2.05, 4.69) is 24.3 Å². The number of rotatable bonds is 3. The molecule has 76 valence electrons. The number of methoxy groups -OCH3 is 2. The molecule has 0 aromatic heterocycles. The smallest absolute Gasteiger partial charge is 0.160 e. The average Bonchev–Trinajstić information content (AvgIpc) is 2.63. The Kier molecular flexibility index (Phi) is 2.85. The molecule has 0 heterocycles. The van der Waals surface area contributed by atoms with Gasteiger partial charge in [0.1, 0.15) is 0 Å². The van der Waals surface area contributed by atoms with Crippen LogP contribution in [0.3, 0.4) is 0 Å². The van der Waals surface area contributed by atoms with Crippen LogP contribution in [-0.2, 0) is 22.3 Å². The molecule has 0 fully saturated rings. The second-order valence-corrected chi connectivity index (χ2v) is 3.78. The van der Waals surface area contributed by atoms with Crippen LogP contribution in [0.4, 0.5) is 0 Å². The van der Waals surface area contributed by atoms with Gasteiger partial charge in [-0.2, -0.15) is 0 Å². The highest BCUT2D eigenvalue weighted by Gasteiger charge is 2.28. The van der Waals surface area contributed by atoms with Gasteiger partial charge in [-0.1, -0.05) is 24.3 Å². The first kappa shape index (κ1) is 9.69. The second kappa shape index (κ2) is 4.11. The fourth-order valence-corrected chi connectivity index (χ4v) is 2.27. The van der Waals surface area contributed by atoms with Crippen molar-refractivity contribution < 1.29 is 9.47 Å². The lowest BCUT2D eigenvalue weighted by atomic mass is 10.1. The summed E-state index contributed by atoms with van der Waals surface area (Å²) in [6, 6.07) is 8.57. The maximum absolute atomic E-state index is 5.29. The monoisotopic (exact) mass is 192 g/mol. The number of hydrogen-bond donors (Lipinski definition) is 0. The van der Waals surface area contributed by atoms with E-state index < -0.39 is 0 Å². The van der Waals surface area contributed by atoms with Gasteiger partial charge in [0.05, 0.1) is 0 Å². The zero-order valence-corrected chi connectivity index (χ0v) is 8.69. The van der Waals surface area contributed by atoms with Crippen LogP contribution in [0.5, 0.6) is 0 Å². The Labute approximate surface area is 84.8 Å². The molecular formula is C12H16O2. The predicted octanol–water partition coefficient (Wildman–Crippen LogP) is 2.02. The Morgan fingerprint density at radius 1 is 1.07 bits per heavy atom. The van der Waals surface area contributed by atoms with Crippen LogP contribution in [-0.4, -0.2) is 20.5 Å². The summed E-state index contributed by atoms with van der Waals surface area (Å²) in [6.07, 6.45) is 2.08. The van der Waals surface area contributed by atoms with Crippen molar-refractivity contribution >= 4 is 0 Å². The lowest BCUT2D eigenvalue weighted by molar-refractivity contribution is -0.134. The molecule has 0 bridgehead atoms. The van der Waals surface area contributed by atoms with Crippen LogP contribution < -0.4 is 0 Å². The molecule has 0 aliphatic heterocycles.